The Balaban J connectivity index is 2.11. The van der Waals surface area contributed by atoms with Gasteiger partial charge in [-0.3, -0.25) is 0 Å². The molecule has 0 saturated heterocycles. The van der Waals surface area contributed by atoms with Gasteiger partial charge in [-0.1, -0.05) is 13.8 Å². The van der Waals surface area contributed by atoms with Crippen LogP contribution in [-0.4, -0.2) is 19.9 Å². The maximum absolute atomic E-state index is 8.98. The molecule has 13 heavy (non-hydrogen) atoms. The Hall–Kier alpha value is -0.900. The molecule has 1 aromatic heterocycles. The number of hydrogen-bond acceptors (Lipinski definition) is 3. The van der Waals surface area contributed by atoms with E-state index >= 15 is 0 Å². The Kier molecular flexibility index (Phi) is 1.87. The smallest absolute Gasteiger partial charge is 0.158 e. The van der Waals surface area contributed by atoms with Gasteiger partial charge in [-0.15, -0.1) is 10.2 Å². The standard InChI is InChI=1S/C9H15N3O/c1-9(2)3-7(4-9)12-6-10-11-8(12)5-13/h6-7,13H,3-5H2,1-2H3. The van der Waals surface area contributed by atoms with Crippen molar-refractivity contribution in [2.45, 2.75) is 39.3 Å². The Morgan fingerprint density at radius 1 is 1.62 bits per heavy atom. The summed E-state index contributed by atoms with van der Waals surface area (Å²) in [7, 11) is 0. The monoisotopic (exact) mass is 181 g/mol. The van der Waals surface area contributed by atoms with Crippen molar-refractivity contribution in [1.29, 1.82) is 0 Å². The zero-order chi connectivity index (χ0) is 9.47. The summed E-state index contributed by atoms with van der Waals surface area (Å²) in [5, 5.41) is 16.6. The maximum atomic E-state index is 8.98. The largest absolute Gasteiger partial charge is 0.388 e. The minimum absolute atomic E-state index is 0.0169. The molecule has 0 bridgehead atoms. The SMILES string of the molecule is CC1(C)CC(n2cnnc2CO)C1. The van der Waals surface area contributed by atoms with Crippen LogP contribution >= 0.6 is 0 Å². The first-order chi connectivity index (χ1) is 6.12. The van der Waals surface area contributed by atoms with Gasteiger partial charge in [0.1, 0.15) is 12.9 Å². The Morgan fingerprint density at radius 2 is 2.31 bits per heavy atom. The van der Waals surface area contributed by atoms with E-state index < -0.39 is 0 Å². The van der Waals surface area contributed by atoms with Crippen LogP contribution in [0, 0.1) is 5.41 Å². The first-order valence-electron chi connectivity index (χ1n) is 4.62. The van der Waals surface area contributed by atoms with Gasteiger partial charge in [0, 0.05) is 6.04 Å². The van der Waals surface area contributed by atoms with Gasteiger partial charge in [-0.25, -0.2) is 0 Å². The van der Waals surface area contributed by atoms with E-state index in [9.17, 15) is 0 Å². The molecule has 1 N–H and O–H groups in total. The first-order valence-corrected chi connectivity index (χ1v) is 4.62. The molecule has 2 rings (SSSR count). The zero-order valence-corrected chi connectivity index (χ0v) is 8.06. The summed E-state index contributed by atoms with van der Waals surface area (Å²) in [4.78, 5) is 0. The van der Waals surface area contributed by atoms with Crippen LogP contribution in [0.3, 0.4) is 0 Å². The number of aliphatic hydroxyl groups excluding tert-OH is 1. The Morgan fingerprint density at radius 3 is 2.85 bits per heavy atom. The fourth-order valence-electron chi connectivity index (χ4n) is 2.10. The Bertz CT molecular complexity index is 298. The van der Waals surface area contributed by atoms with Gasteiger partial charge in [-0.05, 0) is 18.3 Å². The maximum Gasteiger partial charge on any atom is 0.158 e. The van der Waals surface area contributed by atoms with E-state index in [0.717, 1.165) is 12.8 Å². The summed E-state index contributed by atoms with van der Waals surface area (Å²) < 4.78 is 1.99. The summed E-state index contributed by atoms with van der Waals surface area (Å²) in [5.74, 6) is 0.681. The van der Waals surface area contributed by atoms with E-state index in [2.05, 4.69) is 24.0 Å². The number of nitrogens with zero attached hydrogens (tertiary/aromatic N) is 3. The van der Waals surface area contributed by atoms with Crippen LogP contribution in [0.5, 0.6) is 0 Å². The average molecular weight is 181 g/mol. The van der Waals surface area contributed by atoms with Crippen molar-refractivity contribution >= 4 is 0 Å². The molecule has 0 unspecified atom stereocenters. The molecule has 1 fully saturated rings. The third-order valence-electron chi connectivity index (χ3n) is 2.76. The Labute approximate surface area is 77.6 Å². The van der Waals surface area contributed by atoms with E-state index in [1.807, 2.05) is 4.57 Å². The second kappa shape index (κ2) is 2.80. The highest BCUT2D eigenvalue weighted by molar-refractivity contribution is 4.96. The van der Waals surface area contributed by atoms with Gasteiger partial charge in [0.25, 0.3) is 0 Å². The average Bonchev–Trinajstić information content (AvgIpc) is 2.46. The molecule has 1 aromatic rings. The number of aromatic nitrogens is 3. The van der Waals surface area contributed by atoms with Crippen LogP contribution in [0.2, 0.25) is 0 Å². The number of aliphatic hydroxyl groups is 1. The molecule has 1 aliphatic rings. The van der Waals surface area contributed by atoms with Gasteiger partial charge in [-0.2, -0.15) is 0 Å². The quantitative estimate of drug-likeness (QED) is 0.744. The van der Waals surface area contributed by atoms with E-state index in [1.54, 1.807) is 6.33 Å². The minimum Gasteiger partial charge on any atom is -0.388 e. The fraction of sp³-hybridized carbons (Fsp3) is 0.778. The fourth-order valence-corrected chi connectivity index (χ4v) is 2.10. The third kappa shape index (κ3) is 1.46. The van der Waals surface area contributed by atoms with E-state index in [4.69, 9.17) is 5.11 Å². The third-order valence-corrected chi connectivity index (χ3v) is 2.76. The number of rotatable bonds is 2. The lowest BCUT2D eigenvalue weighted by atomic mass is 9.68. The molecule has 4 nitrogen and oxygen atoms in total. The lowest BCUT2D eigenvalue weighted by Gasteiger charge is -2.43. The van der Waals surface area contributed by atoms with Crippen LogP contribution in [0.1, 0.15) is 38.6 Å². The highest BCUT2D eigenvalue weighted by Gasteiger charge is 2.37. The zero-order valence-electron chi connectivity index (χ0n) is 8.06. The molecule has 1 saturated carbocycles. The molecule has 1 heterocycles. The highest BCUT2D eigenvalue weighted by Crippen LogP contribution is 2.47. The molecule has 0 aromatic carbocycles. The van der Waals surface area contributed by atoms with Crippen molar-refractivity contribution in [2.75, 3.05) is 0 Å². The second-order valence-electron chi connectivity index (χ2n) is 4.54. The van der Waals surface area contributed by atoms with Crippen LogP contribution in [0.25, 0.3) is 0 Å². The van der Waals surface area contributed by atoms with E-state index in [0.29, 0.717) is 17.3 Å². The predicted molar refractivity (Wildman–Crippen MR) is 48.0 cm³/mol. The van der Waals surface area contributed by atoms with Crippen molar-refractivity contribution in [3.63, 3.8) is 0 Å². The van der Waals surface area contributed by atoms with Gasteiger partial charge in [0.2, 0.25) is 0 Å². The molecule has 1 aliphatic carbocycles. The highest BCUT2D eigenvalue weighted by atomic mass is 16.3. The van der Waals surface area contributed by atoms with Crippen molar-refractivity contribution in [3.05, 3.63) is 12.2 Å². The molecule has 0 spiro atoms. The second-order valence-corrected chi connectivity index (χ2v) is 4.54. The van der Waals surface area contributed by atoms with Crippen LogP contribution in [0.15, 0.2) is 6.33 Å². The van der Waals surface area contributed by atoms with Crippen molar-refractivity contribution in [2.24, 2.45) is 5.41 Å². The summed E-state index contributed by atoms with van der Waals surface area (Å²) in [6, 6.07) is 0.493. The summed E-state index contributed by atoms with van der Waals surface area (Å²) in [6.45, 7) is 4.50. The molecule has 0 amide bonds. The summed E-state index contributed by atoms with van der Waals surface area (Å²) >= 11 is 0. The van der Waals surface area contributed by atoms with Gasteiger partial charge in [0.05, 0.1) is 0 Å². The molecule has 0 aliphatic heterocycles. The van der Waals surface area contributed by atoms with Gasteiger partial charge in [0.15, 0.2) is 5.82 Å². The van der Waals surface area contributed by atoms with Crippen LogP contribution in [-0.2, 0) is 6.61 Å². The predicted octanol–water partition coefficient (Wildman–Crippen LogP) is 1.13. The normalized spacial score (nSPS) is 21.5. The minimum atomic E-state index is -0.0169. The van der Waals surface area contributed by atoms with Crippen LogP contribution in [0.4, 0.5) is 0 Å². The molecular weight excluding hydrogens is 166 g/mol. The summed E-state index contributed by atoms with van der Waals surface area (Å²) in [6.07, 6.45) is 4.02. The van der Waals surface area contributed by atoms with Crippen LogP contribution < -0.4 is 0 Å². The number of hydrogen-bond donors (Lipinski definition) is 1. The van der Waals surface area contributed by atoms with E-state index in [-0.39, 0.29) is 6.61 Å². The van der Waals surface area contributed by atoms with E-state index in [1.165, 1.54) is 0 Å². The lowest BCUT2D eigenvalue weighted by Crippen LogP contribution is -2.34. The van der Waals surface area contributed by atoms with Gasteiger partial charge >= 0.3 is 0 Å². The molecule has 0 radical (unpaired) electrons. The van der Waals surface area contributed by atoms with Crippen molar-refractivity contribution in [3.8, 4) is 0 Å². The van der Waals surface area contributed by atoms with Gasteiger partial charge < -0.3 is 9.67 Å². The van der Waals surface area contributed by atoms with Crippen molar-refractivity contribution in [1.82, 2.24) is 14.8 Å². The lowest BCUT2D eigenvalue weighted by molar-refractivity contribution is 0.0976. The van der Waals surface area contributed by atoms with Crippen molar-refractivity contribution < 1.29 is 5.11 Å². The molecular formula is C9H15N3O. The summed E-state index contributed by atoms with van der Waals surface area (Å²) in [5.41, 5.74) is 0.446. The topological polar surface area (TPSA) is 50.9 Å². The molecule has 4 heteroatoms. The molecule has 72 valence electrons. The molecule has 0 atom stereocenters. The first kappa shape index (κ1) is 8.69.